The van der Waals surface area contributed by atoms with Crippen molar-refractivity contribution < 1.29 is 4.79 Å². The Kier molecular flexibility index (Phi) is 3.89. The van der Waals surface area contributed by atoms with Crippen LogP contribution >= 0.6 is 0 Å². The highest BCUT2D eigenvalue weighted by molar-refractivity contribution is 5.94. The van der Waals surface area contributed by atoms with Gasteiger partial charge in [-0.3, -0.25) is 4.79 Å². The first-order valence-electron chi connectivity index (χ1n) is 5.46. The molecule has 0 heterocycles. The van der Waals surface area contributed by atoms with E-state index in [1.807, 2.05) is 44.7 Å². The van der Waals surface area contributed by atoms with Crippen LogP contribution in [0.2, 0.25) is 0 Å². The smallest absolute Gasteiger partial charge is 0.253 e. The van der Waals surface area contributed by atoms with Crippen molar-refractivity contribution in [2.75, 3.05) is 13.1 Å². The van der Waals surface area contributed by atoms with Crippen molar-refractivity contribution in [3.05, 3.63) is 34.9 Å². The van der Waals surface area contributed by atoms with Crippen LogP contribution in [0.5, 0.6) is 0 Å². The zero-order valence-electron chi connectivity index (χ0n) is 10.0. The molecule has 0 unspecified atom stereocenters. The average molecular weight is 205 g/mol. The van der Waals surface area contributed by atoms with E-state index in [1.165, 1.54) is 0 Å². The molecule has 0 aliphatic rings. The lowest BCUT2D eigenvalue weighted by molar-refractivity contribution is 0.0773. The molecule has 0 atom stereocenters. The van der Waals surface area contributed by atoms with E-state index in [4.69, 9.17) is 0 Å². The van der Waals surface area contributed by atoms with E-state index in [1.54, 1.807) is 0 Å². The Bertz CT molecular complexity index is 333. The second kappa shape index (κ2) is 4.96. The summed E-state index contributed by atoms with van der Waals surface area (Å²) in [6.07, 6.45) is 0. The molecular formula is C13H19NO. The van der Waals surface area contributed by atoms with E-state index in [-0.39, 0.29) is 5.91 Å². The van der Waals surface area contributed by atoms with Crippen LogP contribution in [0.1, 0.15) is 35.3 Å². The summed E-state index contributed by atoms with van der Waals surface area (Å²) in [6, 6.07) is 5.99. The first-order chi connectivity index (χ1) is 7.08. The molecule has 0 saturated carbocycles. The average Bonchev–Trinajstić information content (AvgIpc) is 2.18. The summed E-state index contributed by atoms with van der Waals surface area (Å²) < 4.78 is 0. The Balaban J connectivity index is 3.00. The summed E-state index contributed by atoms with van der Waals surface area (Å²) in [5.74, 6) is 0.131. The molecule has 0 saturated heterocycles. The van der Waals surface area contributed by atoms with E-state index in [0.717, 1.165) is 29.8 Å². The summed E-state index contributed by atoms with van der Waals surface area (Å²) >= 11 is 0. The maximum absolute atomic E-state index is 12.0. The second-order valence-corrected chi connectivity index (χ2v) is 3.85. The Labute approximate surface area is 91.9 Å². The molecule has 2 nitrogen and oxygen atoms in total. The van der Waals surface area contributed by atoms with Gasteiger partial charge in [0.05, 0.1) is 0 Å². The van der Waals surface area contributed by atoms with Crippen LogP contribution in [0.3, 0.4) is 0 Å². The number of benzene rings is 1. The largest absolute Gasteiger partial charge is 0.339 e. The van der Waals surface area contributed by atoms with Crippen molar-refractivity contribution in [3.8, 4) is 0 Å². The van der Waals surface area contributed by atoms with E-state index in [0.29, 0.717) is 0 Å². The number of amides is 1. The summed E-state index contributed by atoms with van der Waals surface area (Å²) in [7, 11) is 0. The minimum absolute atomic E-state index is 0.131. The summed E-state index contributed by atoms with van der Waals surface area (Å²) in [5, 5.41) is 0. The van der Waals surface area contributed by atoms with Gasteiger partial charge in [0.1, 0.15) is 0 Å². The Hall–Kier alpha value is -1.31. The number of carbonyl (C=O) groups is 1. The Morgan fingerprint density at radius 2 is 1.53 bits per heavy atom. The standard InChI is InChI=1S/C13H19NO/c1-5-14(6-2)13(15)12-8-10(3)7-11(4)9-12/h7-9H,5-6H2,1-4H3. The summed E-state index contributed by atoms with van der Waals surface area (Å²) in [5.41, 5.74) is 3.09. The number of hydrogen-bond acceptors (Lipinski definition) is 1. The predicted molar refractivity (Wildman–Crippen MR) is 63.2 cm³/mol. The summed E-state index contributed by atoms with van der Waals surface area (Å²) in [4.78, 5) is 13.9. The number of aryl methyl sites for hydroxylation is 2. The van der Waals surface area contributed by atoms with Gasteiger partial charge in [0.15, 0.2) is 0 Å². The fraction of sp³-hybridized carbons (Fsp3) is 0.462. The third-order valence-electron chi connectivity index (χ3n) is 2.52. The quantitative estimate of drug-likeness (QED) is 0.743. The fourth-order valence-corrected chi connectivity index (χ4v) is 1.79. The second-order valence-electron chi connectivity index (χ2n) is 3.85. The van der Waals surface area contributed by atoms with Crippen molar-refractivity contribution in [3.63, 3.8) is 0 Å². The van der Waals surface area contributed by atoms with Crippen LogP contribution in [0.15, 0.2) is 18.2 Å². The molecule has 1 amide bonds. The van der Waals surface area contributed by atoms with E-state index in [9.17, 15) is 4.79 Å². The SMILES string of the molecule is CCN(CC)C(=O)c1cc(C)cc(C)c1. The van der Waals surface area contributed by atoms with Gasteiger partial charge in [-0.1, -0.05) is 17.2 Å². The third kappa shape index (κ3) is 2.82. The molecular weight excluding hydrogens is 186 g/mol. The molecule has 0 bridgehead atoms. The van der Waals surface area contributed by atoms with E-state index >= 15 is 0 Å². The molecule has 0 N–H and O–H groups in total. The first kappa shape index (κ1) is 11.8. The van der Waals surface area contributed by atoms with Crippen LogP contribution < -0.4 is 0 Å². The molecule has 2 heteroatoms. The first-order valence-corrected chi connectivity index (χ1v) is 5.46. The number of rotatable bonds is 3. The molecule has 0 aliphatic heterocycles. The maximum atomic E-state index is 12.0. The van der Waals surface area contributed by atoms with Crippen molar-refractivity contribution in [1.29, 1.82) is 0 Å². The molecule has 0 aliphatic carbocycles. The minimum atomic E-state index is 0.131. The zero-order chi connectivity index (χ0) is 11.4. The lowest BCUT2D eigenvalue weighted by atomic mass is 10.1. The zero-order valence-corrected chi connectivity index (χ0v) is 10.0. The molecule has 0 radical (unpaired) electrons. The van der Waals surface area contributed by atoms with Gasteiger partial charge >= 0.3 is 0 Å². The topological polar surface area (TPSA) is 20.3 Å². The third-order valence-corrected chi connectivity index (χ3v) is 2.52. The molecule has 1 aromatic rings. The van der Waals surface area contributed by atoms with Gasteiger partial charge < -0.3 is 4.90 Å². The van der Waals surface area contributed by atoms with Gasteiger partial charge in [-0.2, -0.15) is 0 Å². The molecule has 15 heavy (non-hydrogen) atoms. The van der Waals surface area contributed by atoms with Gasteiger partial charge in [-0.25, -0.2) is 0 Å². The van der Waals surface area contributed by atoms with Crippen molar-refractivity contribution in [1.82, 2.24) is 4.90 Å². The Morgan fingerprint density at radius 3 is 1.93 bits per heavy atom. The highest BCUT2D eigenvalue weighted by Gasteiger charge is 2.12. The van der Waals surface area contributed by atoms with Crippen molar-refractivity contribution in [2.24, 2.45) is 0 Å². The van der Waals surface area contributed by atoms with Gasteiger partial charge in [0, 0.05) is 18.7 Å². The van der Waals surface area contributed by atoms with Crippen LogP contribution in [0.25, 0.3) is 0 Å². The number of carbonyl (C=O) groups excluding carboxylic acids is 1. The lowest BCUT2D eigenvalue weighted by Crippen LogP contribution is -2.30. The normalized spacial score (nSPS) is 10.1. The van der Waals surface area contributed by atoms with Crippen molar-refractivity contribution in [2.45, 2.75) is 27.7 Å². The molecule has 0 spiro atoms. The van der Waals surface area contributed by atoms with Crippen LogP contribution in [0, 0.1) is 13.8 Å². The molecule has 1 rings (SSSR count). The Morgan fingerprint density at radius 1 is 1.07 bits per heavy atom. The van der Waals surface area contributed by atoms with E-state index < -0.39 is 0 Å². The highest BCUT2D eigenvalue weighted by atomic mass is 16.2. The molecule has 0 aromatic heterocycles. The van der Waals surface area contributed by atoms with Gasteiger partial charge in [0.2, 0.25) is 0 Å². The fourth-order valence-electron chi connectivity index (χ4n) is 1.79. The summed E-state index contributed by atoms with van der Waals surface area (Å²) in [6.45, 7) is 9.58. The highest BCUT2D eigenvalue weighted by Crippen LogP contribution is 2.11. The van der Waals surface area contributed by atoms with Gasteiger partial charge in [-0.15, -0.1) is 0 Å². The number of nitrogens with zero attached hydrogens (tertiary/aromatic N) is 1. The molecule has 82 valence electrons. The van der Waals surface area contributed by atoms with Crippen LogP contribution in [-0.4, -0.2) is 23.9 Å². The molecule has 0 fully saturated rings. The number of hydrogen-bond donors (Lipinski definition) is 0. The van der Waals surface area contributed by atoms with Crippen LogP contribution in [-0.2, 0) is 0 Å². The molecule has 1 aromatic carbocycles. The monoisotopic (exact) mass is 205 g/mol. The predicted octanol–water partition coefficient (Wildman–Crippen LogP) is 2.79. The maximum Gasteiger partial charge on any atom is 0.253 e. The van der Waals surface area contributed by atoms with E-state index in [2.05, 4.69) is 6.07 Å². The van der Waals surface area contributed by atoms with Gasteiger partial charge in [-0.05, 0) is 39.8 Å². The van der Waals surface area contributed by atoms with Gasteiger partial charge in [0.25, 0.3) is 5.91 Å². The van der Waals surface area contributed by atoms with Crippen molar-refractivity contribution >= 4 is 5.91 Å². The minimum Gasteiger partial charge on any atom is -0.339 e. The lowest BCUT2D eigenvalue weighted by Gasteiger charge is -2.19. The van der Waals surface area contributed by atoms with Crippen LogP contribution in [0.4, 0.5) is 0 Å².